The first-order valence-electron chi connectivity index (χ1n) is 7.85. The summed E-state index contributed by atoms with van der Waals surface area (Å²) in [5.41, 5.74) is 1.58. The van der Waals surface area contributed by atoms with Gasteiger partial charge in [0.25, 0.3) is 0 Å². The van der Waals surface area contributed by atoms with Crippen molar-refractivity contribution >= 4 is 10.8 Å². The second-order valence-electron chi connectivity index (χ2n) is 6.83. The summed E-state index contributed by atoms with van der Waals surface area (Å²) in [7, 11) is 1.71. The van der Waals surface area contributed by atoms with Crippen LogP contribution in [0, 0.1) is 5.92 Å². The number of methoxy groups -OCH3 is 1. The van der Waals surface area contributed by atoms with Crippen LogP contribution in [-0.4, -0.2) is 12.6 Å². The Morgan fingerprint density at radius 2 is 1.76 bits per heavy atom. The molecule has 1 atom stereocenters. The molecule has 3 rings (SSSR count). The number of rotatable bonds is 5. The van der Waals surface area contributed by atoms with E-state index in [-0.39, 0.29) is 5.54 Å². The molecule has 0 amide bonds. The number of ether oxygens (including phenoxy) is 1. The van der Waals surface area contributed by atoms with Crippen molar-refractivity contribution in [3.05, 3.63) is 42.0 Å². The van der Waals surface area contributed by atoms with Crippen molar-refractivity contribution in [2.75, 3.05) is 7.11 Å². The van der Waals surface area contributed by atoms with E-state index in [1.807, 2.05) is 6.07 Å². The molecule has 0 aliphatic heterocycles. The number of fused-ring (bicyclic) bond motifs is 1. The third kappa shape index (κ3) is 3.06. The molecule has 0 saturated heterocycles. The molecule has 2 nitrogen and oxygen atoms in total. The first kappa shape index (κ1) is 14.4. The highest BCUT2D eigenvalue weighted by Crippen LogP contribution is 2.40. The second-order valence-corrected chi connectivity index (χ2v) is 6.83. The lowest BCUT2D eigenvalue weighted by atomic mass is 9.95. The Morgan fingerprint density at radius 3 is 2.43 bits per heavy atom. The maximum atomic E-state index is 5.29. The van der Waals surface area contributed by atoms with Crippen molar-refractivity contribution in [3.8, 4) is 5.75 Å². The predicted octanol–water partition coefficient (Wildman–Crippen LogP) is 4.69. The van der Waals surface area contributed by atoms with Gasteiger partial charge in [-0.15, -0.1) is 0 Å². The van der Waals surface area contributed by atoms with E-state index in [1.54, 1.807) is 7.11 Å². The van der Waals surface area contributed by atoms with Gasteiger partial charge in [-0.05, 0) is 74.1 Å². The fourth-order valence-corrected chi connectivity index (χ4v) is 3.20. The van der Waals surface area contributed by atoms with Crippen LogP contribution < -0.4 is 10.1 Å². The predicted molar refractivity (Wildman–Crippen MR) is 88.9 cm³/mol. The fraction of sp³-hybridized carbons (Fsp3) is 0.474. The molecule has 1 aliphatic rings. The van der Waals surface area contributed by atoms with E-state index in [9.17, 15) is 0 Å². The van der Waals surface area contributed by atoms with Crippen molar-refractivity contribution in [1.82, 2.24) is 5.32 Å². The van der Waals surface area contributed by atoms with E-state index >= 15 is 0 Å². The summed E-state index contributed by atoms with van der Waals surface area (Å²) in [6.45, 7) is 6.91. The van der Waals surface area contributed by atoms with Crippen LogP contribution >= 0.6 is 0 Å². The maximum Gasteiger partial charge on any atom is 0.119 e. The monoisotopic (exact) mass is 283 g/mol. The smallest absolute Gasteiger partial charge is 0.119 e. The van der Waals surface area contributed by atoms with Crippen molar-refractivity contribution in [2.24, 2.45) is 5.92 Å². The molecule has 1 N–H and O–H groups in total. The zero-order valence-corrected chi connectivity index (χ0v) is 13.4. The lowest BCUT2D eigenvalue weighted by molar-refractivity contribution is 0.308. The van der Waals surface area contributed by atoms with Crippen molar-refractivity contribution in [1.29, 1.82) is 0 Å². The normalized spacial score (nSPS) is 17.0. The molecule has 21 heavy (non-hydrogen) atoms. The van der Waals surface area contributed by atoms with Gasteiger partial charge in [0.2, 0.25) is 0 Å². The van der Waals surface area contributed by atoms with Crippen LogP contribution in [0.4, 0.5) is 0 Å². The van der Waals surface area contributed by atoms with Crippen molar-refractivity contribution in [2.45, 2.75) is 45.2 Å². The number of nitrogens with one attached hydrogen (secondary N) is 1. The van der Waals surface area contributed by atoms with E-state index in [0.29, 0.717) is 6.04 Å². The molecule has 0 bridgehead atoms. The molecular formula is C19H25NO. The van der Waals surface area contributed by atoms with Crippen molar-refractivity contribution in [3.63, 3.8) is 0 Å². The molecule has 0 heterocycles. The molecule has 1 fully saturated rings. The minimum atomic E-state index is 0.230. The molecule has 2 aromatic rings. The van der Waals surface area contributed by atoms with Gasteiger partial charge in [0, 0.05) is 11.6 Å². The van der Waals surface area contributed by atoms with Gasteiger partial charge in [-0.3, -0.25) is 0 Å². The molecule has 1 saturated carbocycles. The summed E-state index contributed by atoms with van der Waals surface area (Å²) >= 11 is 0. The number of hydrogen-bond acceptors (Lipinski definition) is 2. The summed E-state index contributed by atoms with van der Waals surface area (Å²) in [6, 6.07) is 13.3. The largest absolute Gasteiger partial charge is 0.497 e. The van der Waals surface area contributed by atoms with Crippen LogP contribution in [0.25, 0.3) is 10.8 Å². The lowest BCUT2D eigenvalue weighted by Gasteiger charge is -2.31. The van der Waals surface area contributed by atoms with Gasteiger partial charge in [-0.25, -0.2) is 0 Å². The van der Waals surface area contributed by atoms with Crippen LogP contribution in [0.15, 0.2) is 36.4 Å². The molecule has 112 valence electrons. The summed E-state index contributed by atoms with van der Waals surface area (Å²) < 4.78 is 5.29. The van der Waals surface area contributed by atoms with Gasteiger partial charge >= 0.3 is 0 Å². The second kappa shape index (κ2) is 5.34. The SMILES string of the molecule is COc1ccc2cc(C(C)NC(C)(C)C3CC3)ccc2c1. The maximum absolute atomic E-state index is 5.29. The highest BCUT2D eigenvalue weighted by atomic mass is 16.5. The quantitative estimate of drug-likeness (QED) is 0.859. The minimum absolute atomic E-state index is 0.230. The Balaban J connectivity index is 1.83. The molecule has 2 aromatic carbocycles. The van der Waals surface area contributed by atoms with Gasteiger partial charge in [0.15, 0.2) is 0 Å². The Kier molecular flexibility index (Phi) is 3.66. The molecule has 0 radical (unpaired) electrons. The average Bonchev–Trinajstić information content (AvgIpc) is 3.30. The van der Waals surface area contributed by atoms with Gasteiger partial charge in [0.1, 0.15) is 5.75 Å². The third-order valence-corrected chi connectivity index (χ3v) is 4.76. The Morgan fingerprint density at radius 1 is 1.10 bits per heavy atom. The van der Waals surface area contributed by atoms with E-state index in [2.05, 4.69) is 56.4 Å². The van der Waals surface area contributed by atoms with E-state index in [1.165, 1.54) is 29.2 Å². The topological polar surface area (TPSA) is 21.3 Å². The molecule has 1 unspecified atom stereocenters. The van der Waals surface area contributed by atoms with Crippen LogP contribution in [0.5, 0.6) is 5.75 Å². The first-order valence-corrected chi connectivity index (χ1v) is 7.85. The molecule has 2 heteroatoms. The lowest BCUT2D eigenvalue weighted by Crippen LogP contribution is -2.42. The van der Waals surface area contributed by atoms with Crippen molar-refractivity contribution < 1.29 is 4.74 Å². The van der Waals surface area contributed by atoms with Gasteiger partial charge in [-0.2, -0.15) is 0 Å². The van der Waals surface area contributed by atoms with E-state index in [4.69, 9.17) is 4.74 Å². The van der Waals surface area contributed by atoms with Gasteiger partial charge in [0.05, 0.1) is 7.11 Å². The summed E-state index contributed by atoms with van der Waals surface area (Å²) in [5, 5.41) is 6.30. The first-order chi connectivity index (χ1) is 9.99. The standard InChI is InChI=1S/C19H25NO/c1-13(20-19(2,3)17-8-9-17)14-5-6-16-12-18(21-4)10-7-15(16)11-14/h5-7,10-13,17,20H,8-9H2,1-4H3. The minimum Gasteiger partial charge on any atom is -0.497 e. The van der Waals surface area contributed by atoms with Crippen LogP contribution in [0.3, 0.4) is 0 Å². The zero-order chi connectivity index (χ0) is 15.0. The number of benzene rings is 2. The van der Waals surface area contributed by atoms with Crippen LogP contribution in [0.2, 0.25) is 0 Å². The molecular weight excluding hydrogens is 258 g/mol. The summed E-state index contributed by atoms with van der Waals surface area (Å²) in [5.74, 6) is 1.75. The molecule has 0 aromatic heterocycles. The average molecular weight is 283 g/mol. The highest BCUT2D eigenvalue weighted by Gasteiger charge is 2.38. The zero-order valence-electron chi connectivity index (χ0n) is 13.4. The summed E-state index contributed by atoms with van der Waals surface area (Å²) in [4.78, 5) is 0. The van der Waals surface area contributed by atoms with Gasteiger partial charge < -0.3 is 10.1 Å². The van der Waals surface area contributed by atoms with E-state index in [0.717, 1.165) is 11.7 Å². The van der Waals surface area contributed by atoms with Crippen LogP contribution in [0.1, 0.15) is 45.2 Å². The highest BCUT2D eigenvalue weighted by molar-refractivity contribution is 5.84. The molecule has 0 spiro atoms. The number of hydrogen-bond donors (Lipinski definition) is 1. The summed E-state index contributed by atoms with van der Waals surface area (Å²) in [6.07, 6.45) is 2.73. The van der Waals surface area contributed by atoms with Gasteiger partial charge in [-0.1, -0.05) is 18.2 Å². The van der Waals surface area contributed by atoms with Crippen LogP contribution in [-0.2, 0) is 0 Å². The van der Waals surface area contributed by atoms with E-state index < -0.39 is 0 Å². The third-order valence-electron chi connectivity index (χ3n) is 4.76. The Hall–Kier alpha value is -1.54. The Bertz CT molecular complexity index is 643. The fourth-order valence-electron chi connectivity index (χ4n) is 3.20. The Labute approximate surface area is 127 Å². The molecule has 1 aliphatic carbocycles.